The summed E-state index contributed by atoms with van der Waals surface area (Å²) in [4.78, 5) is 0. The van der Waals surface area contributed by atoms with Crippen molar-refractivity contribution in [2.45, 2.75) is 18.8 Å². The van der Waals surface area contributed by atoms with Gasteiger partial charge < -0.3 is 10.1 Å². The predicted octanol–water partition coefficient (Wildman–Crippen LogP) is 3.57. The molecule has 0 saturated heterocycles. The third-order valence-corrected chi connectivity index (χ3v) is 3.25. The fraction of sp³-hybridized carbons (Fsp3) is 0.286. The third-order valence-electron chi connectivity index (χ3n) is 2.95. The molecule has 0 bridgehead atoms. The molecular formula is C14H12ClN3O. The van der Waals surface area contributed by atoms with Crippen LogP contribution in [0.15, 0.2) is 23.9 Å². The normalized spacial score (nSPS) is 13.1. The van der Waals surface area contributed by atoms with E-state index in [0.717, 1.165) is 24.1 Å². The molecule has 1 aromatic carbocycles. The molecule has 19 heavy (non-hydrogen) atoms. The highest BCUT2D eigenvalue weighted by Crippen LogP contribution is 2.46. The van der Waals surface area contributed by atoms with Gasteiger partial charge in [0.15, 0.2) is 0 Å². The van der Waals surface area contributed by atoms with Gasteiger partial charge in [-0.1, -0.05) is 11.6 Å². The second kappa shape index (κ2) is 5.65. The predicted molar refractivity (Wildman–Crippen MR) is 72.9 cm³/mol. The highest BCUT2D eigenvalue weighted by atomic mass is 35.5. The number of ether oxygens (including phenoxy) is 1. The summed E-state index contributed by atoms with van der Waals surface area (Å²) in [6.45, 7) is 0. The second-order valence-electron chi connectivity index (χ2n) is 4.27. The van der Waals surface area contributed by atoms with Gasteiger partial charge in [0.2, 0.25) is 0 Å². The summed E-state index contributed by atoms with van der Waals surface area (Å²) in [6, 6.07) is 7.29. The van der Waals surface area contributed by atoms with Gasteiger partial charge in [0.1, 0.15) is 23.5 Å². The first-order chi connectivity index (χ1) is 9.19. The van der Waals surface area contributed by atoms with Crippen LogP contribution >= 0.6 is 11.6 Å². The van der Waals surface area contributed by atoms with Crippen molar-refractivity contribution in [1.29, 1.82) is 10.5 Å². The zero-order valence-corrected chi connectivity index (χ0v) is 11.2. The van der Waals surface area contributed by atoms with Crippen LogP contribution in [0.4, 0.5) is 5.69 Å². The van der Waals surface area contributed by atoms with Crippen LogP contribution in [0.3, 0.4) is 0 Å². The number of hydrogen-bond acceptors (Lipinski definition) is 4. The Morgan fingerprint density at radius 1 is 1.42 bits per heavy atom. The molecule has 1 aliphatic rings. The third kappa shape index (κ3) is 2.99. The zero-order valence-electron chi connectivity index (χ0n) is 10.4. The van der Waals surface area contributed by atoms with Gasteiger partial charge in [-0.15, -0.1) is 0 Å². The molecule has 0 aromatic heterocycles. The van der Waals surface area contributed by atoms with Crippen LogP contribution in [0.25, 0.3) is 0 Å². The first-order valence-electron chi connectivity index (χ1n) is 5.84. The minimum Gasteiger partial charge on any atom is -0.495 e. The smallest absolute Gasteiger partial charge is 0.145 e. The highest BCUT2D eigenvalue weighted by Gasteiger charge is 2.27. The maximum absolute atomic E-state index is 8.71. The Labute approximate surface area is 116 Å². The number of methoxy groups -OCH3 is 1. The van der Waals surface area contributed by atoms with Crippen molar-refractivity contribution in [3.8, 4) is 17.9 Å². The molecule has 0 radical (unpaired) electrons. The van der Waals surface area contributed by atoms with E-state index < -0.39 is 0 Å². The van der Waals surface area contributed by atoms with E-state index in [-0.39, 0.29) is 5.57 Å². The molecule has 96 valence electrons. The summed E-state index contributed by atoms with van der Waals surface area (Å²) in [7, 11) is 1.55. The first-order valence-corrected chi connectivity index (χ1v) is 6.21. The Bertz CT molecular complexity index is 590. The molecule has 0 aliphatic heterocycles. The van der Waals surface area contributed by atoms with Crippen LogP contribution < -0.4 is 10.1 Å². The van der Waals surface area contributed by atoms with Gasteiger partial charge in [0.05, 0.1) is 12.1 Å². The van der Waals surface area contributed by atoms with E-state index in [0.29, 0.717) is 16.7 Å². The lowest BCUT2D eigenvalue weighted by atomic mass is 10.1. The molecule has 1 N–H and O–H groups in total. The molecule has 1 aromatic rings. The van der Waals surface area contributed by atoms with E-state index >= 15 is 0 Å². The molecule has 0 unspecified atom stereocenters. The number of halogens is 1. The molecule has 2 rings (SSSR count). The SMILES string of the molecule is COc1cc(NC=C(C#N)C#N)c(C2CC2)cc1Cl. The van der Waals surface area contributed by atoms with Crippen LogP contribution in [0.1, 0.15) is 24.3 Å². The van der Waals surface area contributed by atoms with E-state index in [4.69, 9.17) is 26.9 Å². The minimum atomic E-state index is 0.0238. The Kier molecular flexibility index (Phi) is 3.94. The lowest BCUT2D eigenvalue weighted by Gasteiger charge is -2.12. The van der Waals surface area contributed by atoms with Gasteiger partial charge >= 0.3 is 0 Å². The van der Waals surface area contributed by atoms with Crippen LogP contribution in [-0.2, 0) is 0 Å². The van der Waals surface area contributed by atoms with Crippen molar-refractivity contribution in [3.05, 3.63) is 34.5 Å². The lowest BCUT2D eigenvalue weighted by Crippen LogP contribution is -1.97. The molecule has 0 amide bonds. The fourth-order valence-electron chi connectivity index (χ4n) is 1.82. The number of nitriles is 2. The van der Waals surface area contributed by atoms with Crippen molar-refractivity contribution >= 4 is 17.3 Å². The molecule has 0 spiro atoms. The van der Waals surface area contributed by atoms with E-state index in [9.17, 15) is 0 Å². The van der Waals surface area contributed by atoms with E-state index in [1.165, 1.54) is 6.20 Å². The Morgan fingerprint density at radius 2 is 2.11 bits per heavy atom. The minimum absolute atomic E-state index is 0.0238. The Balaban J connectivity index is 2.35. The molecule has 5 heteroatoms. The summed E-state index contributed by atoms with van der Waals surface area (Å²) >= 11 is 6.12. The molecule has 1 aliphatic carbocycles. The van der Waals surface area contributed by atoms with E-state index in [1.54, 1.807) is 25.3 Å². The zero-order chi connectivity index (χ0) is 13.8. The molecular weight excluding hydrogens is 262 g/mol. The van der Waals surface area contributed by atoms with Crippen molar-refractivity contribution in [1.82, 2.24) is 0 Å². The largest absolute Gasteiger partial charge is 0.495 e. The number of allylic oxidation sites excluding steroid dienone is 1. The van der Waals surface area contributed by atoms with Crippen LogP contribution in [-0.4, -0.2) is 7.11 Å². The van der Waals surface area contributed by atoms with Crippen molar-refractivity contribution in [2.75, 3.05) is 12.4 Å². The fourth-order valence-corrected chi connectivity index (χ4v) is 2.07. The standard InChI is InChI=1S/C14H12ClN3O/c1-19-14-5-13(18-8-9(6-16)7-17)11(4-12(14)15)10-2-3-10/h4-5,8,10,18H,2-3H2,1H3. The van der Waals surface area contributed by atoms with Gasteiger partial charge in [-0.3, -0.25) is 0 Å². The lowest BCUT2D eigenvalue weighted by molar-refractivity contribution is 0.415. The number of nitrogens with zero attached hydrogens (tertiary/aromatic N) is 2. The van der Waals surface area contributed by atoms with Crippen LogP contribution in [0.5, 0.6) is 5.75 Å². The molecule has 1 fully saturated rings. The summed E-state index contributed by atoms with van der Waals surface area (Å²) in [5.41, 5.74) is 1.94. The monoisotopic (exact) mass is 273 g/mol. The van der Waals surface area contributed by atoms with Crippen LogP contribution in [0, 0.1) is 22.7 Å². The number of rotatable bonds is 4. The number of benzene rings is 1. The van der Waals surface area contributed by atoms with Gasteiger partial charge in [-0.05, 0) is 30.4 Å². The van der Waals surface area contributed by atoms with E-state index in [2.05, 4.69) is 5.32 Å². The van der Waals surface area contributed by atoms with Gasteiger partial charge in [-0.25, -0.2) is 0 Å². The molecule has 0 heterocycles. The number of anilines is 1. The molecule has 0 atom stereocenters. The van der Waals surface area contributed by atoms with Gasteiger partial charge in [0.25, 0.3) is 0 Å². The van der Waals surface area contributed by atoms with Crippen LogP contribution in [0.2, 0.25) is 5.02 Å². The Morgan fingerprint density at radius 3 is 2.63 bits per heavy atom. The van der Waals surface area contributed by atoms with Crippen molar-refractivity contribution < 1.29 is 4.74 Å². The molecule has 4 nitrogen and oxygen atoms in total. The average molecular weight is 274 g/mol. The topological polar surface area (TPSA) is 68.8 Å². The molecule has 1 saturated carbocycles. The number of hydrogen-bond donors (Lipinski definition) is 1. The van der Waals surface area contributed by atoms with Crippen molar-refractivity contribution in [2.24, 2.45) is 0 Å². The Hall–Kier alpha value is -2.17. The second-order valence-corrected chi connectivity index (χ2v) is 4.68. The maximum Gasteiger partial charge on any atom is 0.145 e. The highest BCUT2D eigenvalue weighted by molar-refractivity contribution is 6.32. The summed E-state index contributed by atoms with van der Waals surface area (Å²) in [6.07, 6.45) is 3.66. The van der Waals surface area contributed by atoms with Gasteiger partial charge in [0, 0.05) is 18.0 Å². The van der Waals surface area contributed by atoms with Crippen molar-refractivity contribution in [3.63, 3.8) is 0 Å². The maximum atomic E-state index is 8.71. The average Bonchev–Trinajstić information content (AvgIpc) is 3.25. The quantitative estimate of drug-likeness (QED) is 0.852. The van der Waals surface area contributed by atoms with Gasteiger partial charge in [-0.2, -0.15) is 10.5 Å². The summed E-state index contributed by atoms with van der Waals surface area (Å²) < 4.78 is 5.18. The van der Waals surface area contributed by atoms with E-state index in [1.807, 2.05) is 6.07 Å². The number of nitrogens with one attached hydrogen (secondary N) is 1. The first kappa shape index (κ1) is 13.3. The summed E-state index contributed by atoms with van der Waals surface area (Å²) in [5.74, 6) is 1.06. The summed E-state index contributed by atoms with van der Waals surface area (Å²) in [5, 5.41) is 21.0.